The second-order valence-electron chi connectivity index (χ2n) is 17.6. The average Bonchev–Trinajstić information content (AvgIpc) is 3.31. The van der Waals surface area contributed by atoms with Crippen molar-refractivity contribution in [2.75, 3.05) is 13.2 Å². The molecule has 0 fully saturated rings. The number of carbonyl (C=O) groups excluding carboxylic acids is 2. The van der Waals surface area contributed by atoms with Crippen molar-refractivity contribution in [2.24, 2.45) is 0 Å². The number of rotatable bonds is 39. The van der Waals surface area contributed by atoms with Gasteiger partial charge in [-0.25, -0.2) is 0 Å². The van der Waals surface area contributed by atoms with E-state index < -0.39 is 11.7 Å². The Hall–Kier alpha value is -3.96. The fourth-order valence-electron chi connectivity index (χ4n) is 8.33. The number of esters is 2. The SMILES string of the molecule is CCCCC/C=C\C/C=C\CCCCCCCC(=O)OC[C@@H](COC(c1ccccc1)(c1ccccc1)c1ccccc1)OC(=O)CCCCCCCCCCCCCCCCC. The summed E-state index contributed by atoms with van der Waals surface area (Å²) < 4.78 is 19.0. The first-order chi connectivity index (χ1) is 31.1. The van der Waals surface area contributed by atoms with Crippen molar-refractivity contribution in [3.05, 3.63) is 132 Å². The Balaban J connectivity index is 1.49. The molecule has 0 spiro atoms. The maximum absolute atomic E-state index is 13.4. The van der Waals surface area contributed by atoms with Crippen LogP contribution in [0, 0.1) is 0 Å². The molecule has 0 saturated heterocycles. The lowest BCUT2D eigenvalue weighted by atomic mass is 9.80. The fraction of sp³-hybridized carbons (Fsp3) is 0.586. The molecule has 0 aromatic heterocycles. The first-order valence-corrected chi connectivity index (χ1v) is 25.6. The van der Waals surface area contributed by atoms with Crippen molar-refractivity contribution in [1.82, 2.24) is 0 Å². The summed E-state index contributed by atoms with van der Waals surface area (Å²) in [5.41, 5.74) is 1.91. The first kappa shape index (κ1) is 53.4. The second kappa shape index (κ2) is 36.4. The van der Waals surface area contributed by atoms with Gasteiger partial charge in [0.25, 0.3) is 0 Å². The Morgan fingerprint density at radius 2 is 0.810 bits per heavy atom. The Morgan fingerprint density at radius 1 is 0.444 bits per heavy atom. The van der Waals surface area contributed by atoms with Crippen LogP contribution in [0.2, 0.25) is 0 Å². The van der Waals surface area contributed by atoms with Crippen LogP contribution in [0.5, 0.6) is 0 Å². The van der Waals surface area contributed by atoms with Gasteiger partial charge >= 0.3 is 11.9 Å². The van der Waals surface area contributed by atoms with Gasteiger partial charge in [-0.15, -0.1) is 0 Å². The van der Waals surface area contributed by atoms with Crippen molar-refractivity contribution >= 4 is 11.9 Å². The molecule has 5 heteroatoms. The monoisotopic (exact) mass is 863 g/mol. The Morgan fingerprint density at radius 3 is 1.25 bits per heavy atom. The average molecular weight is 863 g/mol. The minimum atomic E-state index is -0.979. The third-order valence-corrected chi connectivity index (χ3v) is 12.1. The summed E-state index contributed by atoms with van der Waals surface area (Å²) in [5.74, 6) is -0.530. The molecule has 0 unspecified atom stereocenters. The summed E-state index contributed by atoms with van der Waals surface area (Å²) in [6, 6.07) is 30.5. The van der Waals surface area contributed by atoms with E-state index in [9.17, 15) is 9.59 Å². The number of hydrogen-bond donors (Lipinski definition) is 0. The lowest BCUT2D eigenvalue weighted by Crippen LogP contribution is -2.38. The minimum Gasteiger partial charge on any atom is -0.462 e. The molecule has 3 aromatic rings. The van der Waals surface area contributed by atoms with E-state index in [1.54, 1.807) is 0 Å². The fourth-order valence-corrected chi connectivity index (χ4v) is 8.33. The van der Waals surface area contributed by atoms with Crippen molar-refractivity contribution < 1.29 is 23.8 Å². The van der Waals surface area contributed by atoms with Crippen molar-refractivity contribution in [2.45, 2.75) is 205 Å². The molecule has 0 N–H and O–H groups in total. The summed E-state index contributed by atoms with van der Waals surface area (Å²) in [6.45, 7) is 4.53. The van der Waals surface area contributed by atoms with E-state index >= 15 is 0 Å². The number of benzene rings is 3. The van der Waals surface area contributed by atoms with Crippen molar-refractivity contribution in [3.8, 4) is 0 Å². The van der Waals surface area contributed by atoms with Crippen LogP contribution < -0.4 is 0 Å². The highest BCUT2D eigenvalue weighted by molar-refractivity contribution is 5.70. The highest BCUT2D eigenvalue weighted by Crippen LogP contribution is 2.40. The van der Waals surface area contributed by atoms with Gasteiger partial charge in [-0.2, -0.15) is 0 Å². The van der Waals surface area contributed by atoms with E-state index in [4.69, 9.17) is 14.2 Å². The van der Waals surface area contributed by atoms with E-state index in [1.807, 2.05) is 54.6 Å². The van der Waals surface area contributed by atoms with Crippen LogP contribution in [-0.2, 0) is 29.4 Å². The van der Waals surface area contributed by atoms with Crippen LogP contribution >= 0.6 is 0 Å². The molecule has 0 heterocycles. The molecular formula is C58H86O5. The summed E-state index contributed by atoms with van der Waals surface area (Å²) in [6.07, 6.45) is 40.6. The molecule has 0 bridgehead atoms. The van der Waals surface area contributed by atoms with Crippen LogP contribution in [-0.4, -0.2) is 31.3 Å². The summed E-state index contributed by atoms with van der Waals surface area (Å²) in [7, 11) is 0. The minimum absolute atomic E-state index is 0.0435. The van der Waals surface area contributed by atoms with Crippen LogP contribution in [0.1, 0.15) is 210 Å². The van der Waals surface area contributed by atoms with Gasteiger partial charge in [-0.05, 0) is 61.6 Å². The Bertz CT molecular complexity index is 1490. The van der Waals surface area contributed by atoms with E-state index in [1.165, 1.54) is 109 Å². The van der Waals surface area contributed by atoms with Crippen LogP contribution in [0.25, 0.3) is 0 Å². The van der Waals surface area contributed by atoms with Gasteiger partial charge in [0.1, 0.15) is 12.2 Å². The Kier molecular flexibility index (Phi) is 30.8. The molecule has 0 aliphatic carbocycles. The molecule has 1 atom stereocenters. The quantitative estimate of drug-likeness (QED) is 0.0247. The predicted molar refractivity (Wildman–Crippen MR) is 265 cm³/mol. The van der Waals surface area contributed by atoms with Gasteiger partial charge in [-0.3, -0.25) is 9.59 Å². The van der Waals surface area contributed by atoms with Crippen molar-refractivity contribution in [1.29, 1.82) is 0 Å². The molecule has 3 rings (SSSR count). The molecular weight excluding hydrogens is 777 g/mol. The lowest BCUT2D eigenvalue weighted by Gasteiger charge is -2.37. The number of carbonyl (C=O) groups is 2. The van der Waals surface area contributed by atoms with Gasteiger partial charge in [0.15, 0.2) is 6.10 Å². The van der Waals surface area contributed by atoms with Crippen LogP contribution in [0.3, 0.4) is 0 Å². The highest BCUT2D eigenvalue weighted by atomic mass is 16.6. The smallest absolute Gasteiger partial charge is 0.306 e. The standard InChI is InChI=1S/C58H86O5/c1-3-5-7-9-11-13-15-17-19-21-23-25-27-29-40-48-56(59)61-50-55(63-57(60)49-41-30-28-26-24-22-20-18-16-14-12-10-8-6-4-2)51-62-58(52-42-34-31-35-43-52,53-44-36-32-37-45-53)54-46-38-33-39-47-54/h11,13,17,19,31-39,42-47,55H,3-10,12,14-16,18,20-30,40-41,48-51H2,1-2H3/b13-11-,19-17-/t55-/m0/s1. The number of allylic oxidation sites excluding steroid dienone is 4. The van der Waals surface area contributed by atoms with Gasteiger partial charge in [0.2, 0.25) is 0 Å². The van der Waals surface area contributed by atoms with Crippen LogP contribution in [0.15, 0.2) is 115 Å². The number of unbranched alkanes of at least 4 members (excludes halogenated alkanes) is 22. The molecule has 63 heavy (non-hydrogen) atoms. The third-order valence-electron chi connectivity index (χ3n) is 12.1. The third kappa shape index (κ3) is 24.1. The zero-order valence-corrected chi connectivity index (χ0v) is 39.8. The van der Waals surface area contributed by atoms with Gasteiger partial charge in [-0.1, -0.05) is 251 Å². The highest BCUT2D eigenvalue weighted by Gasteiger charge is 2.38. The molecule has 5 nitrogen and oxygen atoms in total. The Labute approximate surface area is 384 Å². The number of hydrogen-bond acceptors (Lipinski definition) is 5. The van der Waals surface area contributed by atoms with Crippen LogP contribution in [0.4, 0.5) is 0 Å². The molecule has 348 valence electrons. The van der Waals surface area contributed by atoms with Gasteiger partial charge < -0.3 is 14.2 Å². The molecule has 0 radical (unpaired) electrons. The zero-order chi connectivity index (χ0) is 44.7. The normalized spacial score (nSPS) is 12.3. The van der Waals surface area contributed by atoms with Gasteiger partial charge in [0, 0.05) is 12.8 Å². The largest absolute Gasteiger partial charge is 0.462 e. The molecule has 0 amide bonds. The second-order valence-corrected chi connectivity index (χ2v) is 17.6. The van der Waals surface area contributed by atoms with E-state index in [0.29, 0.717) is 12.8 Å². The predicted octanol–water partition coefficient (Wildman–Crippen LogP) is 16.5. The maximum Gasteiger partial charge on any atom is 0.306 e. The lowest BCUT2D eigenvalue weighted by molar-refractivity contribution is -0.165. The summed E-state index contributed by atoms with van der Waals surface area (Å²) >= 11 is 0. The molecule has 0 aliphatic heterocycles. The summed E-state index contributed by atoms with van der Waals surface area (Å²) in [4.78, 5) is 26.4. The van der Waals surface area contributed by atoms with E-state index in [0.717, 1.165) is 74.5 Å². The topological polar surface area (TPSA) is 61.8 Å². The molecule has 3 aromatic carbocycles. The number of ether oxygens (including phenoxy) is 3. The maximum atomic E-state index is 13.4. The van der Waals surface area contributed by atoms with E-state index in [2.05, 4.69) is 74.5 Å². The van der Waals surface area contributed by atoms with Gasteiger partial charge in [0.05, 0.1) is 6.61 Å². The molecule has 0 saturated carbocycles. The summed E-state index contributed by atoms with van der Waals surface area (Å²) in [5, 5.41) is 0. The molecule has 0 aliphatic rings. The first-order valence-electron chi connectivity index (χ1n) is 25.6. The zero-order valence-electron chi connectivity index (χ0n) is 39.8. The van der Waals surface area contributed by atoms with E-state index in [-0.39, 0.29) is 25.2 Å². The van der Waals surface area contributed by atoms with Crippen molar-refractivity contribution in [3.63, 3.8) is 0 Å².